The monoisotopic (exact) mass is 370 g/mol. The number of nitrogens with one attached hydrogen (secondary N) is 1. The van der Waals surface area contributed by atoms with Crippen molar-refractivity contribution in [3.05, 3.63) is 29.3 Å². The molecule has 8 heteroatoms. The van der Waals surface area contributed by atoms with E-state index in [1.807, 2.05) is 12.3 Å². The van der Waals surface area contributed by atoms with Gasteiger partial charge in [0.05, 0.1) is 4.90 Å². The van der Waals surface area contributed by atoms with Gasteiger partial charge in [0.1, 0.15) is 12.1 Å². The van der Waals surface area contributed by atoms with Crippen molar-refractivity contribution in [1.82, 2.24) is 4.72 Å². The molecule has 0 bridgehead atoms. The Kier molecular flexibility index (Phi) is 7.73. The quantitative estimate of drug-likeness (QED) is 0.705. The van der Waals surface area contributed by atoms with Crippen LogP contribution in [0.25, 0.3) is 0 Å². The number of hydrogen-bond donors (Lipinski definition) is 1. The van der Waals surface area contributed by atoms with E-state index in [9.17, 15) is 13.2 Å². The van der Waals surface area contributed by atoms with E-state index < -0.39 is 28.1 Å². The van der Waals surface area contributed by atoms with Gasteiger partial charge in [0.2, 0.25) is 10.0 Å². The standard InChI is InChI=1S/C16H22N2O4S2/c1-11-5-6-12(2)15(9-11)24(20,21)18-14(7-8-23-4)16(19)22-13(3)10-17/h5-6,9,13-14,18H,7-8H2,1-4H3/t13-,14+/m0/s1. The van der Waals surface area contributed by atoms with Gasteiger partial charge in [0.15, 0.2) is 6.10 Å². The van der Waals surface area contributed by atoms with Gasteiger partial charge in [-0.1, -0.05) is 12.1 Å². The van der Waals surface area contributed by atoms with Crippen molar-refractivity contribution in [1.29, 1.82) is 5.26 Å². The van der Waals surface area contributed by atoms with Crippen molar-refractivity contribution in [2.45, 2.75) is 44.2 Å². The molecular formula is C16H22N2O4S2. The third-order valence-electron chi connectivity index (χ3n) is 3.30. The number of rotatable bonds is 8. The summed E-state index contributed by atoms with van der Waals surface area (Å²) in [7, 11) is -3.87. The zero-order valence-electron chi connectivity index (χ0n) is 14.2. The Balaban J connectivity index is 3.05. The maximum Gasteiger partial charge on any atom is 0.325 e. The number of benzene rings is 1. The maximum atomic E-state index is 12.6. The first-order valence-electron chi connectivity index (χ1n) is 7.40. The number of aryl methyl sites for hydroxylation is 2. The summed E-state index contributed by atoms with van der Waals surface area (Å²) in [5.41, 5.74) is 1.40. The van der Waals surface area contributed by atoms with Crippen LogP contribution in [0.15, 0.2) is 23.1 Å². The minimum absolute atomic E-state index is 0.137. The lowest BCUT2D eigenvalue weighted by Crippen LogP contribution is -2.43. The number of carbonyl (C=O) groups excluding carboxylic acids is 1. The molecule has 0 heterocycles. The summed E-state index contributed by atoms with van der Waals surface area (Å²) in [4.78, 5) is 12.3. The zero-order valence-corrected chi connectivity index (χ0v) is 15.8. The van der Waals surface area contributed by atoms with Gasteiger partial charge in [-0.3, -0.25) is 4.79 Å². The lowest BCUT2D eigenvalue weighted by Gasteiger charge is -2.19. The highest BCUT2D eigenvalue weighted by molar-refractivity contribution is 7.98. The molecular weight excluding hydrogens is 348 g/mol. The molecule has 2 atom stereocenters. The molecule has 1 rings (SSSR count). The van der Waals surface area contributed by atoms with E-state index in [0.717, 1.165) is 5.56 Å². The number of sulfonamides is 1. The molecule has 1 N–H and O–H groups in total. The van der Waals surface area contributed by atoms with Crippen LogP contribution in [0.4, 0.5) is 0 Å². The van der Waals surface area contributed by atoms with Crippen LogP contribution in [0.3, 0.4) is 0 Å². The highest BCUT2D eigenvalue weighted by atomic mass is 32.2. The van der Waals surface area contributed by atoms with Crippen molar-refractivity contribution in [2.75, 3.05) is 12.0 Å². The van der Waals surface area contributed by atoms with Crippen LogP contribution >= 0.6 is 11.8 Å². The lowest BCUT2D eigenvalue weighted by atomic mass is 10.2. The number of carbonyl (C=O) groups is 1. The van der Waals surface area contributed by atoms with Crippen LogP contribution < -0.4 is 4.72 Å². The molecule has 132 valence electrons. The Morgan fingerprint density at radius 3 is 2.67 bits per heavy atom. The third-order valence-corrected chi connectivity index (χ3v) is 5.56. The second-order valence-electron chi connectivity index (χ2n) is 5.43. The Hall–Kier alpha value is -1.56. The van der Waals surface area contributed by atoms with Crippen LogP contribution in [-0.4, -0.2) is 38.5 Å². The highest BCUT2D eigenvalue weighted by Gasteiger charge is 2.28. The average molecular weight is 370 g/mol. The average Bonchev–Trinajstić information content (AvgIpc) is 2.53. The Bertz CT molecular complexity index is 726. The summed E-state index contributed by atoms with van der Waals surface area (Å²) < 4.78 is 32.7. The summed E-state index contributed by atoms with van der Waals surface area (Å²) >= 11 is 1.49. The van der Waals surface area contributed by atoms with Crippen LogP contribution in [0, 0.1) is 25.2 Å². The summed E-state index contributed by atoms with van der Waals surface area (Å²) in [5, 5.41) is 8.75. The molecule has 0 aliphatic rings. The normalized spacial score (nSPS) is 13.8. The maximum absolute atomic E-state index is 12.6. The predicted octanol–water partition coefficient (Wildman–Crippen LogP) is 2.16. The topological polar surface area (TPSA) is 96.3 Å². The Morgan fingerprint density at radius 1 is 1.42 bits per heavy atom. The van der Waals surface area contributed by atoms with Crippen molar-refractivity contribution in [3.8, 4) is 6.07 Å². The van der Waals surface area contributed by atoms with E-state index in [2.05, 4.69) is 4.72 Å². The predicted molar refractivity (Wildman–Crippen MR) is 94.2 cm³/mol. The van der Waals surface area contributed by atoms with E-state index in [0.29, 0.717) is 11.3 Å². The van der Waals surface area contributed by atoms with E-state index in [-0.39, 0.29) is 11.3 Å². The van der Waals surface area contributed by atoms with Crippen LogP contribution in [0.2, 0.25) is 0 Å². The number of hydrogen-bond acceptors (Lipinski definition) is 6. The van der Waals surface area contributed by atoms with Crippen LogP contribution in [0.5, 0.6) is 0 Å². The number of nitrogens with zero attached hydrogens (tertiary/aromatic N) is 1. The Morgan fingerprint density at radius 2 is 2.08 bits per heavy atom. The summed E-state index contributed by atoms with van der Waals surface area (Å²) in [6, 6.07) is 5.87. The molecule has 0 spiro atoms. The summed E-state index contributed by atoms with van der Waals surface area (Å²) in [6.45, 7) is 4.93. The molecule has 24 heavy (non-hydrogen) atoms. The minimum atomic E-state index is -3.87. The molecule has 1 aromatic rings. The molecule has 0 aliphatic carbocycles. The fraction of sp³-hybridized carbons (Fsp3) is 0.500. The van der Waals surface area contributed by atoms with E-state index in [4.69, 9.17) is 10.00 Å². The van der Waals surface area contributed by atoms with Gasteiger partial charge in [-0.25, -0.2) is 8.42 Å². The first-order valence-corrected chi connectivity index (χ1v) is 10.3. The van der Waals surface area contributed by atoms with Gasteiger partial charge in [-0.05, 0) is 56.4 Å². The van der Waals surface area contributed by atoms with Crippen LogP contribution in [0.1, 0.15) is 24.5 Å². The molecule has 0 radical (unpaired) electrons. The summed E-state index contributed by atoms with van der Waals surface area (Å²) in [5.74, 6) is -0.164. The Labute approximate surface area is 147 Å². The SMILES string of the molecule is CSCC[C@@H](NS(=O)(=O)c1cc(C)ccc1C)C(=O)O[C@@H](C)C#N. The fourth-order valence-corrected chi connectivity index (χ4v) is 4.01. The van der Waals surface area contributed by atoms with Gasteiger partial charge < -0.3 is 4.74 Å². The molecule has 0 amide bonds. The number of esters is 1. The first kappa shape index (κ1) is 20.5. The van der Waals surface area contributed by atoms with E-state index >= 15 is 0 Å². The number of ether oxygens (including phenoxy) is 1. The molecule has 1 aromatic carbocycles. The summed E-state index contributed by atoms with van der Waals surface area (Å²) in [6.07, 6.45) is 1.21. The minimum Gasteiger partial charge on any atom is -0.446 e. The molecule has 0 saturated heterocycles. The number of thioether (sulfide) groups is 1. The van der Waals surface area contributed by atoms with Crippen molar-refractivity contribution < 1.29 is 17.9 Å². The fourth-order valence-electron chi connectivity index (χ4n) is 1.99. The lowest BCUT2D eigenvalue weighted by molar-refractivity contribution is -0.147. The smallest absolute Gasteiger partial charge is 0.325 e. The molecule has 0 saturated carbocycles. The van der Waals surface area contributed by atoms with Gasteiger partial charge in [0, 0.05) is 0 Å². The van der Waals surface area contributed by atoms with Crippen LogP contribution in [-0.2, 0) is 19.6 Å². The van der Waals surface area contributed by atoms with Crippen molar-refractivity contribution >= 4 is 27.8 Å². The first-order chi connectivity index (χ1) is 11.2. The number of nitriles is 1. The van der Waals surface area contributed by atoms with Crippen molar-refractivity contribution in [2.24, 2.45) is 0 Å². The van der Waals surface area contributed by atoms with Gasteiger partial charge in [0.25, 0.3) is 0 Å². The molecule has 0 fully saturated rings. The van der Waals surface area contributed by atoms with Gasteiger partial charge >= 0.3 is 5.97 Å². The highest BCUT2D eigenvalue weighted by Crippen LogP contribution is 2.18. The zero-order chi connectivity index (χ0) is 18.3. The molecule has 0 aromatic heterocycles. The van der Waals surface area contributed by atoms with Gasteiger partial charge in [-0.2, -0.15) is 21.7 Å². The second-order valence-corrected chi connectivity index (χ2v) is 8.10. The third kappa shape index (κ3) is 5.82. The molecule has 6 nitrogen and oxygen atoms in total. The second kappa shape index (κ2) is 9.06. The van der Waals surface area contributed by atoms with Gasteiger partial charge in [-0.15, -0.1) is 0 Å². The largest absolute Gasteiger partial charge is 0.446 e. The molecule has 0 aliphatic heterocycles. The molecule has 0 unspecified atom stereocenters. The van der Waals surface area contributed by atoms with Crippen molar-refractivity contribution in [3.63, 3.8) is 0 Å². The van der Waals surface area contributed by atoms with E-state index in [1.165, 1.54) is 18.7 Å². The van der Waals surface area contributed by atoms with E-state index in [1.54, 1.807) is 32.0 Å².